The fourth-order valence-electron chi connectivity index (χ4n) is 2.50. The average Bonchev–Trinajstić information content (AvgIpc) is 3.01. The van der Waals surface area contributed by atoms with Crippen LogP contribution in [0.15, 0.2) is 48.5 Å². The van der Waals surface area contributed by atoms with Crippen molar-refractivity contribution in [1.82, 2.24) is 5.32 Å². The normalized spacial score (nSPS) is 13.7. The number of hydrogen-bond acceptors (Lipinski definition) is 3. The van der Waals surface area contributed by atoms with Crippen LogP contribution in [0.2, 0.25) is 0 Å². The summed E-state index contributed by atoms with van der Waals surface area (Å²) in [6, 6.07) is 15.5. The van der Waals surface area contributed by atoms with Gasteiger partial charge >= 0.3 is 0 Å². The first-order valence-electron chi connectivity index (χ1n) is 7.44. The topological polar surface area (TPSA) is 47.6 Å². The third kappa shape index (κ3) is 3.39. The zero-order valence-corrected chi connectivity index (χ0v) is 12.5. The van der Waals surface area contributed by atoms with Gasteiger partial charge in [-0.1, -0.05) is 37.3 Å². The number of benzene rings is 2. The molecule has 114 valence electrons. The van der Waals surface area contributed by atoms with Crippen LogP contribution in [0.25, 0.3) is 0 Å². The quantitative estimate of drug-likeness (QED) is 0.923. The van der Waals surface area contributed by atoms with Gasteiger partial charge < -0.3 is 14.8 Å². The van der Waals surface area contributed by atoms with E-state index in [9.17, 15) is 4.79 Å². The van der Waals surface area contributed by atoms with E-state index in [4.69, 9.17) is 9.47 Å². The molecular weight excluding hydrogens is 278 g/mol. The van der Waals surface area contributed by atoms with Gasteiger partial charge in [-0.3, -0.25) is 4.79 Å². The minimum absolute atomic E-state index is 0.0850. The molecule has 1 N–H and O–H groups in total. The molecule has 0 saturated heterocycles. The highest BCUT2D eigenvalue weighted by Crippen LogP contribution is 2.32. The highest BCUT2D eigenvalue weighted by molar-refractivity contribution is 5.94. The smallest absolute Gasteiger partial charge is 0.251 e. The van der Waals surface area contributed by atoms with Gasteiger partial charge in [0.05, 0.1) is 0 Å². The number of carbonyl (C=O) groups is 1. The monoisotopic (exact) mass is 297 g/mol. The van der Waals surface area contributed by atoms with Crippen LogP contribution in [-0.2, 0) is 6.42 Å². The molecule has 1 heterocycles. The van der Waals surface area contributed by atoms with Gasteiger partial charge in [0.15, 0.2) is 11.5 Å². The number of rotatable bonds is 5. The Morgan fingerprint density at radius 1 is 1.14 bits per heavy atom. The van der Waals surface area contributed by atoms with Crippen molar-refractivity contribution in [1.29, 1.82) is 0 Å². The fourth-order valence-corrected chi connectivity index (χ4v) is 2.50. The zero-order chi connectivity index (χ0) is 15.4. The Hall–Kier alpha value is -2.49. The fraction of sp³-hybridized carbons (Fsp3) is 0.278. The molecule has 3 rings (SSSR count). The molecule has 0 fully saturated rings. The Bertz CT molecular complexity index is 655. The summed E-state index contributed by atoms with van der Waals surface area (Å²) in [4.78, 5) is 12.2. The van der Waals surface area contributed by atoms with Crippen LogP contribution in [0.4, 0.5) is 0 Å². The van der Waals surface area contributed by atoms with Crippen LogP contribution in [-0.4, -0.2) is 19.2 Å². The second kappa shape index (κ2) is 6.52. The second-order valence-electron chi connectivity index (χ2n) is 5.57. The van der Waals surface area contributed by atoms with E-state index < -0.39 is 0 Å². The van der Waals surface area contributed by atoms with Crippen LogP contribution < -0.4 is 14.8 Å². The summed E-state index contributed by atoms with van der Waals surface area (Å²) < 4.78 is 10.5. The molecule has 1 amide bonds. The van der Waals surface area contributed by atoms with Crippen molar-refractivity contribution < 1.29 is 14.3 Å². The van der Waals surface area contributed by atoms with E-state index in [0.29, 0.717) is 29.5 Å². The molecule has 0 aromatic heterocycles. The van der Waals surface area contributed by atoms with Crippen molar-refractivity contribution in [3.63, 3.8) is 0 Å². The molecular formula is C18H19NO3. The summed E-state index contributed by atoms with van der Waals surface area (Å²) in [7, 11) is 0. The lowest BCUT2D eigenvalue weighted by Gasteiger charge is -2.13. The summed E-state index contributed by atoms with van der Waals surface area (Å²) in [5.74, 6) is 1.61. The predicted octanol–water partition coefficient (Wildman–Crippen LogP) is 3.02. The maximum Gasteiger partial charge on any atom is 0.251 e. The van der Waals surface area contributed by atoms with E-state index in [1.807, 2.05) is 18.2 Å². The molecule has 22 heavy (non-hydrogen) atoms. The van der Waals surface area contributed by atoms with Crippen LogP contribution in [0.1, 0.15) is 22.8 Å². The van der Waals surface area contributed by atoms with E-state index in [0.717, 1.165) is 6.42 Å². The standard InChI is InChI=1S/C18H19NO3/c1-13(9-14-5-3-2-4-6-14)11-19-18(20)15-7-8-16-17(10-15)22-12-21-16/h2-8,10,13H,9,11-12H2,1H3,(H,19,20). The molecule has 4 nitrogen and oxygen atoms in total. The minimum Gasteiger partial charge on any atom is -0.454 e. The van der Waals surface area contributed by atoms with Crippen LogP contribution >= 0.6 is 0 Å². The highest BCUT2D eigenvalue weighted by atomic mass is 16.7. The van der Waals surface area contributed by atoms with Crippen LogP contribution in [0, 0.1) is 5.92 Å². The van der Waals surface area contributed by atoms with Crippen molar-refractivity contribution in [2.45, 2.75) is 13.3 Å². The number of fused-ring (bicyclic) bond motifs is 1. The average molecular weight is 297 g/mol. The SMILES string of the molecule is CC(CNC(=O)c1ccc2c(c1)OCO2)Cc1ccccc1. The highest BCUT2D eigenvalue weighted by Gasteiger charge is 2.16. The largest absolute Gasteiger partial charge is 0.454 e. The Kier molecular flexibility index (Phi) is 4.28. The van der Waals surface area contributed by atoms with Gasteiger partial charge in [-0.2, -0.15) is 0 Å². The maximum atomic E-state index is 12.2. The number of nitrogens with one attached hydrogen (secondary N) is 1. The molecule has 0 saturated carbocycles. The zero-order valence-electron chi connectivity index (χ0n) is 12.5. The molecule has 0 aliphatic carbocycles. The third-order valence-electron chi connectivity index (χ3n) is 3.67. The van der Waals surface area contributed by atoms with Crippen LogP contribution in [0.3, 0.4) is 0 Å². The summed E-state index contributed by atoms with van der Waals surface area (Å²) in [5, 5.41) is 2.97. The predicted molar refractivity (Wildman–Crippen MR) is 84.2 cm³/mol. The van der Waals surface area contributed by atoms with E-state index >= 15 is 0 Å². The second-order valence-corrected chi connectivity index (χ2v) is 5.57. The maximum absolute atomic E-state index is 12.2. The van der Waals surface area contributed by atoms with Crippen molar-refractivity contribution in [3.8, 4) is 11.5 Å². The summed E-state index contributed by atoms with van der Waals surface area (Å²) in [5.41, 5.74) is 1.88. The molecule has 2 aromatic rings. The first-order chi connectivity index (χ1) is 10.7. The molecule has 4 heteroatoms. The Labute approximate surface area is 130 Å². The van der Waals surface area contributed by atoms with Gasteiger partial charge in [0.25, 0.3) is 5.91 Å². The van der Waals surface area contributed by atoms with Crippen molar-refractivity contribution in [3.05, 3.63) is 59.7 Å². The van der Waals surface area contributed by atoms with E-state index in [2.05, 4.69) is 24.4 Å². The Morgan fingerprint density at radius 2 is 1.91 bits per heavy atom. The summed E-state index contributed by atoms with van der Waals surface area (Å²) >= 11 is 0. The third-order valence-corrected chi connectivity index (χ3v) is 3.67. The lowest BCUT2D eigenvalue weighted by atomic mass is 10.0. The van der Waals surface area contributed by atoms with Gasteiger partial charge in [0.2, 0.25) is 6.79 Å². The van der Waals surface area contributed by atoms with Crippen molar-refractivity contribution in [2.24, 2.45) is 5.92 Å². The molecule has 1 aliphatic rings. The Morgan fingerprint density at radius 3 is 2.73 bits per heavy atom. The van der Waals surface area contributed by atoms with Crippen molar-refractivity contribution in [2.75, 3.05) is 13.3 Å². The Balaban J connectivity index is 1.53. The van der Waals surface area contributed by atoms with Gasteiger partial charge in [-0.05, 0) is 36.1 Å². The summed E-state index contributed by atoms with van der Waals surface area (Å²) in [6.45, 7) is 2.99. The van der Waals surface area contributed by atoms with Gasteiger partial charge in [0, 0.05) is 12.1 Å². The lowest BCUT2D eigenvalue weighted by molar-refractivity contribution is 0.0947. The first kappa shape index (κ1) is 14.4. The molecule has 2 aromatic carbocycles. The molecule has 1 aliphatic heterocycles. The van der Waals surface area contributed by atoms with Gasteiger partial charge in [-0.15, -0.1) is 0 Å². The number of hydrogen-bond donors (Lipinski definition) is 1. The molecule has 1 atom stereocenters. The number of carbonyl (C=O) groups excluding carboxylic acids is 1. The molecule has 0 radical (unpaired) electrons. The van der Waals surface area contributed by atoms with Crippen LogP contribution in [0.5, 0.6) is 11.5 Å². The van der Waals surface area contributed by atoms with Gasteiger partial charge in [0.1, 0.15) is 0 Å². The minimum atomic E-state index is -0.0850. The molecule has 0 spiro atoms. The molecule has 1 unspecified atom stereocenters. The van der Waals surface area contributed by atoms with E-state index in [-0.39, 0.29) is 12.7 Å². The van der Waals surface area contributed by atoms with E-state index in [1.165, 1.54) is 5.56 Å². The van der Waals surface area contributed by atoms with Gasteiger partial charge in [-0.25, -0.2) is 0 Å². The first-order valence-corrected chi connectivity index (χ1v) is 7.44. The summed E-state index contributed by atoms with van der Waals surface area (Å²) in [6.07, 6.45) is 0.947. The lowest BCUT2D eigenvalue weighted by Crippen LogP contribution is -2.29. The van der Waals surface area contributed by atoms with E-state index in [1.54, 1.807) is 18.2 Å². The number of amides is 1. The molecule has 0 bridgehead atoms. The van der Waals surface area contributed by atoms with Crippen molar-refractivity contribution >= 4 is 5.91 Å². The number of ether oxygens (including phenoxy) is 2.